The summed E-state index contributed by atoms with van der Waals surface area (Å²) in [6.07, 6.45) is 0. The van der Waals surface area contributed by atoms with Gasteiger partial charge in [0.2, 0.25) is 0 Å². The van der Waals surface area contributed by atoms with Crippen LogP contribution < -0.4 is 0 Å². The van der Waals surface area contributed by atoms with Crippen LogP contribution in [0.4, 0.5) is 0 Å². The molecule has 3 rings (SSSR count). The van der Waals surface area contributed by atoms with Crippen LogP contribution in [0.1, 0.15) is 31.9 Å². The molecule has 0 unspecified atom stereocenters. The smallest absolute Gasteiger partial charge is 0.331 e. The number of rotatable bonds is 8. The number of ether oxygens (including phenoxy) is 1. The zero-order valence-corrected chi connectivity index (χ0v) is 17.9. The Morgan fingerprint density at radius 2 is 1.56 bits per heavy atom. The van der Waals surface area contributed by atoms with Crippen LogP contribution in [0.5, 0.6) is 0 Å². The predicted octanol–water partition coefficient (Wildman–Crippen LogP) is 5.03. The third-order valence-corrected chi connectivity index (χ3v) is 7.42. The molecule has 144 valence electrons. The molecule has 2 aromatic rings. The van der Waals surface area contributed by atoms with Gasteiger partial charge in [-0.3, -0.25) is 0 Å². The van der Waals surface area contributed by atoms with Gasteiger partial charge in [-0.2, -0.15) is 0 Å². The summed E-state index contributed by atoms with van der Waals surface area (Å²) in [5.74, 6) is 0.681. The van der Waals surface area contributed by atoms with Crippen LogP contribution in [0.2, 0.25) is 0 Å². The van der Waals surface area contributed by atoms with Gasteiger partial charge in [0.05, 0.1) is 0 Å². The summed E-state index contributed by atoms with van der Waals surface area (Å²) in [5, 5.41) is 0. The molecular formula is C22H27NO2S2. The molecule has 0 aliphatic carbocycles. The third kappa shape index (κ3) is 3.91. The van der Waals surface area contributed by atoms with E-state index in [2.05, 4.69) is 49.9 Å². The van der Waals surface area contributed by atoms with E-state index in [1.807, 2.05) is 24.3 Å². The monoisotopic (exact) mass is 401 g/mol. The van der Waals surface area contributed by atoms with Crippen LogP contribution in [0, 0.1) is 0 Å². The summed E-state index contributed by atoms with van der Waals surface area (Å²) in [6, 6.07) is 16.5. The van der Waals surface area contributed by atoms with Crippen molar-refractivity contribution in [2.45, 2.75) is 35.3 Å². The standard InChI is InChI=1S/C22H27NO2S2/c1-4-23(5-2)15-16-25-21(24)22(26-6-3)17-11-7-9-13-19(17)27-20-14-10-8-12-18(20)22/h7-14H,4-6,15-16H2,1-3H3. The highest BCUT2D eigenvalue weighted by Crippen LogP contribution is 2.55. The van der Waals surface area contributed by atoms with Gasteiger partial charge in [-0.25, -0.2) is 4.79 Å². The molecule has 2 aromatic carbocycles. The molecule has 0 N–H and O–H groups in total. The van der Waals surface area contributed by atoms with E-state index in [4.69, 9.17) is 4.74 Å². The number of fused-ring (bicyclic) bond motifs is 2. The maximum atomic E-state index is 13.5. The van der Waals surface area contributed by atoms with Gasteiger partial charge in [-0.15, -0.1) is 11.8 Å². The number of benzene rings is 2. The van der Waals surface area contributed by atoms with Crippen LogP contribution in [0.25, 0.3) is 0 Å². The zero-order chi connectivity index (χ0) is 19.3. The number of carbonyl (C=O) groups excluding carboxylic acids is 1. The van der Waals surface area contributed by atoms with E-state index in [0.717, 1.165) is 46.3 Å². The summed E-state index contributed by atoms with van der Waals surface area (Å²) >= 11 is 3.40. The molecule has 1 heterocycles. The minimum atomic E-state index is -0.795. The Morgan fingerprint density at radius 3 is 2.07 bits per heavy atom. The number of hydrogen-bond donors (Lipinski definition) is 0. The van der Waals surface area contributed by atoms with Crippen LogP contribution in [-0.2, 0) is 14.3 Å². The lowest BCUT2D eigenvalue weighted by atomic mass is 9.89. The second-order valence-corrected chi connectivity index (χ2v) is 8.93. The maximum Gasteiger partial charge on any atom is 0.331 e. The molecule has 0 spiro atoms. The first-order valence-corrected chi connectivity index (χ1v) is 11.4. The highest BCUT2D eigenvalue weighted by atomic mass is 32.2. The Bertz CT molecular complexity index is 744. The highest BCUT2D eigenvalue weighted by Gasteiger charge is 2.48. The molecule has 0 saturated carbocycles. The lowest BCUT2D eigenvalue weighted by Crippen LogP contribution is -2.39. The van der Waals surface area contributed by atoms with Crippen molar-refractivity contribution >= 4 is 29.5 Å². The van der Waals surface area contributed by atoms with E-state index >= 15 is 0 Å². The normalized spacial score (nSPS) is 14.5. The minimum Gasteiger partial charge on any atom is -0.463 e. The molecule has 0 aromatic heterocycles. The molecule has 3 nitrogen and oxygen atoms in total. The molecule has 5 heteroatoms. The van der Waals surface area contributed by atoms with Gasteiger partial charge in [0.1, 0.15) is 6.61 Å². The Balaban J connectivity index is 1.98. The molecule has 0 bridgehead atoms. The SMILES string of the molecule is CCSC1(C(=O)OCCN(CC)CC)c2ccccc2Sc2ccccc21. The Kier molecular flexibility index (Phi) is 6.90. The van der Waals surface area contributed by atoms with Crippen LogP contribution in [-0.4, -0.2) is 42.9 Å². The molecule has 0 fully saturated rings. The second-order valence-electron chi connectivity index (χ2n) is 6.37. The van der Waals surface area contributed by atoms with E-state index in [-0.39, 0.29) is 5.97 Å². The average Bonchev–Trinajstić information content (AvgIpc) is 2.71. The minimum absolute atomic E-state index is 0.151. The summed E-state index contributed by atoms with van der Waals surface area (Å²) in [6.45, 7) is 9.47. The van der Waals surface area contributed by atoms with Crippen LogP contribution >= 0.6 is 23.5 Å². The van der Waals surface area contributed by atoms with Crippen molar-refractivity contribution in [3.63, 3.8) is 0 Å². The van der Waals surface area contributed by atoms with Crippen molar-refractivity contribution < 1.29 is 9.53 Å². The molecule has 0 amide bonds. The lowest BCUT2D eigenvalue weighted by molar-refractivity contribution is -0.146. The predicted molar refractivity (Wildman–Crippen MR) is 115 cm³/mol. The van der Waals surface area contributed by atoms with Gasteiger partial charge < -0.3 is 9.64 Å². The van der Waals surface area contributed by atoms with Gasteiger partial charge in [0, 0.05) is 16.3 Å². The van der Waals surface area contributed by atoms with Gasteiger partial charge in [0.25, 0.3) is 0 Å². The van der Waals surface area contributed by atoms with E-state index in [9.17, 15) is 4.79 Å². The molecule has 0 radical (unpaired) electrons. The van der Waals surface area contributed by atoms with E-state index in [1.165, 1.54) is 0 Å². The quantitative estimate of drug-likeness (QED) is 0.579. The Labute approximate surface area is 170 Å². The number of esters is 1. The summed E-state index contributed by atoms with van der Waals surface area (Å²) < 4.78 is 5.08. The molecule has 0 saturated heterocycles. The van der Waals surface area contributed by atoms with Crippen molar-refractivity contribution in [2.24, 2.45) is 0 Å². The number of carbonyl (C=O) groups is 1. The van der Waals surface area contributed by atoms with E-state index in [0.29, 0.717) is 6.61 Å². The number of hydrogen-bond acceptors (Lipinski definition) is 5. The van der Waals surface area contributed by atoms with E-state index < -0.39 is 4.75 Å². The van der Waals surface area contributed by atoms with Gasteiger partial charge in [-0.05, 0) is 42.1 Å². The number of likely N-dealkylation sites (N-methyl/N-ethyl adjacent to an activating group) is 1. The van der Waals surface area contributed by atoms with Crippen molar-refractivity contribution in [3.8, 4) is 0 Å². The first kappa shape index (κ1) is 20.3. The number of thioether (sulfide) groups is 1. The molecule has 0 atom stereocenters. The summed E-state index contributed by atoms with van der Waals surface area (Å²) in [5.41, 5.74) is 2.10. The van der Waals surface area contributed by atoms with E-state index in [1.54, 1.807) is 23.5 Å². The molecule has 27 heavy (non-hydrogen) atoms. The summed E-state index contributed by atoms with van der Waals surface area (Å²) in [4.78, 5) is 18.1. The van der Waals surface area contributed by atoms with Crippen molar-refractivity contribution in [1.82, 2.24) is 4.90 Å². The van der Waals surface area contributed by atoms with Crippen molar-refractivity contribution in [3.05, 3.63) is 59.7 Å². The van der Waals surface area contributed by atoms with Crippen LogP contribution in [0.3, 0.4) is 0 Å². The molecule has 1 aliphatic heterocycles. The first-order chi connectivity index (χ1) is 13.2. The molecule has 1 aliphatic rings. The fourth-order valence-corrected chi connectivity index (χ4v) is 6.11. The fourth-order valence-electron chi connectivity index (χ4n) is 3.52. The summed E-state index contributed by atoms with van der Waals surface area (Å²) in [7, 11) is 0. The van der Waals surface area contributed by atoms with Gasteiger partial charge >= 0.3 is 5.97 Å². The van der Waals surface area contributed by atoms with Crippen molar-refractivity contribution in [2.75, 3.05) is 32.0 Å². The topological polar surface area (TPSA) is 29.5 Å². The zero-order valence-electron chi connectivity index (χ0n) is 16.2. The second kappa shape index (κ2) is 9.18. The molecular weight excluding hydrogens is 374 g/mol. The van der Waals surface area contributed by atoms with Crippen LogP contribution in [0.15, 0.2) is 58.3 Å². The maximum absolute atomic E-state index is 13.5. The largest absolute Gasteiger partial charge is 0.463 e. The Hall–Kier alpha value is -1.43. The highest BCUT2D eigenvalue weighted by molar-refractivity contribution is 8.02. The first-order valence-electron chi connectivity index (χ1n) is 9.57. The van der Waals surface area contributed by atoms with Gasteiger partial charge in [0.15, 0.2) is 4.75 Å². The lowest BCUT2D eigenvalue weighted by Gasteiger charge is -2.37. The average molecular weight is 402 g/mol. The van der Waals surface area contributed by atoms with Crippen molar-refractivity contribution in [1.29, 1.82) is 0 Å². The fraction of sp³-hybridized carbons (Fsp3) is 0.409. The number of nitrogens with zero attached hydrogens (tertiary/aromatic N) is 1. The van der Waals surface area contributed by atoms with Gasteiger partial charge in [-0.1, -0.05) is 68.9 Å². The third-order valence-electron chi connectivity index (χ3n) is 4.94. The Morgan fingerprint density at radius 1 is 1.00 bits per heavy atom.